The molecular formula is C25H28N2O4. The van der Waals surface area contributed by atoms with Crippen LogP contribution < -0.4 is 4.74 Å². The number of carbonyl (C=O) groups excluding carboxylic acids is 2. The SMILES string of the molecule is COc1cccc(C2C(C(=O)/C=C/c3ccccc3)=C(O)C(=O)N2CCCN(C)C)c1. The number of hydrogen-bond donors (Lipinski definition) is 1. The highest BCUT2D eigenvalue weighted by atomic mass is 16.5. The highest BCUT2D eigenvalue weighted by Gasteiger charge is 2.42. The zero-order valence-corrected chi connectivity index (χ0v) is 18.1. The number of rotatable bonds is 9. The van der Waals surface area contributed by atoms with Crippen molar-refractivity contribution in [2.75, 3.05) is 34.3 Å². The number of carbonyl (C=O) groups is 2. The molecule has 1 aliphatic rings. The second-order valence-corrected chi connectivity index (χ2v) is 7.71. The van der Waals surface area contributed by atoms with Crippen molar-refractivity contribution >= 4 is 17.8 Å². The highest BCUT2D eigenvalue weighted by molar-refractivity contribution is 6.14. The van der Waals surface area contributed by atoms with E-state index in [1.165, 1.54) is 6.08 Å². The van der Waals surface area contributed by atoms with E-state index in [0.717, 1.165) is 17.7 Å². The summed E-state index contributed by atoms with van der Waals surface area (Å²) in [5.41, 5.74) is 1.68. The molecule has 0 spiro atoms. The lowest BCUT2D eigenvalue weighted by molar-refractivity contribution is -0.129. The van der Waals surface area contributed by atoms with Gasteiger partial charge >= 0.3 is 0 Å². The van der Waals surface area contributed by atoms with Crippen molar-refractivity contribution in [3.63, 3.8) is 0 Å². The van der Waals surface area contributed by atoms with E-state index in [4.69, 9.17) is 4.74 Å². The first-order valence-electron chi connectivity index (χ1n) is 10.2. The molecule has 0 saturated heterocycles. The van der Waals surface area contributed by atoms with Gasteiger partial charge in [-0.05, 0) is 56.4 Å². The van der Waals surface area contributed by atoms with Gasteiger partial charge in [0.25, 0.3) is 5.91 Å². The zero-order chi connectivity index (χ0) is 22.4. The Morgan fingerprint density at radius 3 is 2.58 bits per heavy atom. The normalized spacial score (nSPS) is 16.6. The Labute approximate surface area is 183 Å². The molecule has 1 heterocycles. The summed E-state index contributed by atoms with van der Waals surface area (Å²) >= 11 is 0. The average molecular weight is 421 g/mol. The molecule has 2 aromatic rings. The molecule has 0 radical (unpaired) electrons. The number of hydrogen-bond acceptors (Lipinski definition) is 5. The van der Waals surface area contributed by atoms with Crippen LogP contribution in [-0.4, -0.2) is 60.9 Å². The van der Waals surface area contributed by atoms with Crippen LogP contribution in [0.2, 0.25) is 0 Å². The molecule has 3 rings (SSSR count). The number of amides is 1. The maximum Gasteiger partial charge on any atom is 0.290 e. The summed E-state index contributed by atoms with van der Waals surface area (Å²) in [6.45, 7) is 1.20. The van der Waals surface area contributed by atoms with E-state index in [2.05, 4.69) is 0 Å². The molecule has 0 aromatic heterocycles. The molecule has 0 saturated carbocycles. The summed E-state index contributed by atoms with van der Waals surface area (Å²) in [6.07, 6.45) is 3.81. The molecule has 6 nitrogen and oxygen atoms in total. The van der Waals surface area contributed by atoms with Crippen LogP contribution in [0.5, 0.6) is 5.75 Å². The summed E-state index contributed by atoms with van der Waals surface area (Å²) in [5.74, 6) is -0.780. The summed E-state index contributed by atoms with van der Waals surface area (Å²) in [6, 6.07) is 16.0. The fraction of sp³-hybridized carbons (Fsp3) is 0.280. The molecule has 2 aromatic carbocycles. The van der Waals surface area contributed by atoms with Crippen LogP contribution in [0.15, 0.2) is 72.0 Å². The number of ether oxygens (including phenoxy) is 1. The Kier molecular flexibility index (Phi) is 7.26. The van der Waals surface area contributed by atoms with Gasteiger partial charge < -0.3 is 19.6 Å². The van der Waals surface area contributed by atoms with Crippen molar-refractivity contribution in [2.24, 2.45) is 0 Å². The summed E-state index contributed by atoms with van der Waals surface area (Å²) in [4.78, 5) is 29.6. The number of nitrogens with zero attached hydrogens (tertiary/aromatic N) is 2. The standard InChI is InChI=1S/C25H28N2O4/c1-26(2)15-8-16-27-23(19-11-7-12-20(17-19)31-3)22(24(29)25(27)30)21(28)14-13-18-9-5-4-6-10-18/h4-7,9-14,17,23,29H,8,15-16H2,1-3H3/b14-13+. The molecule has 6 heteroatoms. The van der Waals surface area contributed by atoms with E-state index in [9.17, 15) is 14.7 Å². The molecule has 0 aliphatic carbocycles. The number of aliphatic hydroxyl groups is 1. The Balaban J connectivity index is 1.96. The van der Waals surface area contributed by atoms with Crippen LogP contribution in [0.4, 0.5) is 0 Å². The predicted molar refractivity (Wildman–Crippen MR) is 121 cm³/mol. The highest BCUT2D eigenvalue weighted by Crippen LogP contribution is 2.39. The Morgan fingerprint density at radius 1 is 1.16 bits per heavy atom. The van der Waals surface area contributed by atoms with Gasteiger partial charge in [0.2, 0.25) is 0 Å². The topological polar surface area (TPSA) is 70.1 Å². The maximum atomic E-state index is 13.1. The molecule has 1 N–H and O–H groups in total. The first kappa shape index (κ1) is 22.3. The van der Waals surface area contributed by atoms with Gasteiger partial charge in [0.15, 0.2) is 11.5 Å². The first-order valence-corrected chi connectivity index (χ1v) is 10.2. The van der Waals surface area contributed by atoms with E-state index in [0.29, 0.717) is 18.7 Å². The van der Waals surface area contributed by atoms with Gasteiger partial charge in [-0.1, -0.05) is 48.5 Å². The number of ketones is 1. The van der Waals surface area contributed by atoms with Crippen molar-refractivity contribution in [2.45, 2.75) is 12.5 Å². The van der Waals surface area contributed by atoms with E-state index in [-0.39, 0.29) is 5.57 Å². The second-order valence-electron chi connectivity index (χ2n) is 7.71. The van der Waals surface area contributed by atoms with Crippen molar-refractivity contribution in [3.8, 4) is 5.75 Å². The Bertz CT molecular complexity index is 996. The van der Waals surface area contributed by atoms with Gasteiger partial charge in [-0.3, -0.25) is 9.59 Å². The molecule has 1 unspecified atom stereocenters. The second kappa shape index (κ2) is 10.1. The first-order chi connectivity index (χ1) is 14.9. The fourth-order valence-electron chi connectivity index (χ4n) is 3.68. The molecule has 0 bridgehead atoms. The summed E-state index contributed by atoms with van der Waals surface area (Å²) in [5, 5.41) is 10.7. The van der Waals surface area contributed by atoms with Crippen LogP contribution in [0.3, 0.4) is 0 Å². The van der Waals surface area contributed by atoms with Crippen LogP contribution in [-0.2, 0) is 9.59 Å². The van der Waals surface area contributed by atoms with Crippen LogP contribution in [0.25, 0.3) is 6.08 Å². The fourth-order valence-corrected chi connectivity index (χ4v) is 3.68. The Hall–Kier alpha value is -3.38. The lowest BCUT2D eigenvalue weighted by atomic mass is 9.95. The summed E-state index contributed by atoms with van der Waals surface area (Å²) < 4.78 is 5.33. The molecule has 1 amide bonds. The minimum Gasteiger partial charge on any atom is -0.503 e. The van der Waals surface area contributed by atoms with Crippen molar-refractivity contribution in [1.29, 1.82) is 0 Å². The zero-order valence-electron chi connectivity index (χ0n) is 18.1. The third-order valence-corrected chi connectivity index (χ3v) is 5.21. The van der Waals surface area contributed by atoms with Crippen molar-refractivity contribution in [1.82, 2.24) is 9.80 Å². The summed E-state index contributed by atoms with van der Waals surface area (Å²) in [7, 11) is 5.49. The van der Waals surface area contributed by atoms with Crippen molar-refractivity contribution < 1.29 is 19.4 Å². The van der Waals surface area contributed by atoms with Gasteiger partial charge in [-0.25, -0.2) is 0 Å². The van der Waals surface area contributed by atoms with Crippen LogP contribution in [0.1, 0.15) is 23.6 Å². The largest absolute Gasteiger partial charge is 0.503 e. The van der Waals surface area contributed by atoms with Crippen LogP contribution >= 0.6 is 0 Å². The molecule has 1 atom stereocenters. The van der Waals surface area contributed by atoms with E-state index >= 15 is 0 Å². The monoisotopic (exact) mass is 420 g/mol. The van der Waals surface area contributed by atoms with E-state index < -0.39 is 23.5 Å². The number of methoxy groups -OCH3 is 1. The van der Waals surface area contributed by atoms with Gasteiger partial charge in [-0.2, -0.15) is 0 Å². The predicted octanol–water partition coefficient (Wildman–Crippen LogP) is 3.62. The molecule has 1 aliphatic heterocycles. The molecular weight excluding hydrogens is 392 g/mol. The Morgan fingerprint density at radius 2 is 1.90 bits per heavy atom. The van der Waals surface area contributed by atoms with Crippen LogP contribution in [0, 0.1) is 0 Å². The third-order valence-electron chi connectivity index (χ3n) is 5.21. The molecule has 0 fully saturated rings. The quantitative estimate of drug-likeness (QED) is 0.628. The number of aliphatic hydroxyl groups excluding tert-OH is 1. The third kappa shape index (κ3) is 5.22. The van der Waals surface area contributed by atoms with Gasteiger partial charge in [0.05, 0.1) is 18.7 Å². The molecule has 31 heavy (non-hydrogen) atoms. The van der Waals surface area contributed by atoms with E-state index in [1.807, 2.05) is 61.5 Å². The average Bonchev–Trinajstić information content (AvgIpc) is 3.03. The van der Waals surface area contributed by atoms with Gasteiger partial charge in [0.1, 0.15) is 5.75 Å². The molecule has 162 valence electrons. The minimum atomic E-state index is -0.669. The number of benzene rings is 2. The maximum absolute atomic E-state index is 13.1. The lowest BCUT2D eigenvalue weighted by Gasteiger charge is -2.27. The smallest absolute Gasteiger partial charge is 0.290 e. The number of allylic oxidation sites excluding steroid dienone is 1. The van der Waals surface area contributed by atoms with E-state index in [1.54, 1.807) is 30.2 Å². The van der Waals surface area contributed by atoms with Gasteiger partial charge in [0, 0.05) is 6.54 Å². The minimum absolute atomic E-state index is 0.0929. The van der Waals surface area contributed by atoms with Crippen molar-refractivity contribution in [3.05, 3.63) is 83.1 Å². The lowest BCUT2D eigenvalue weighted by Crippen LogP contribution is -2.33. The van der Waals surface area contributed by atoms with Gasteiger partial charge in [-0.15, -0.1) is 0 Å².